The van der Waals surface area contributed by atoms with Gasteiger partial charge in [0.2, 0.25) is 11.0 Å². The fraction of sp³-hybridized carbons (Fsp3) is 0.438. The van der Waals surface area contributed by atoms with Crippen LogP contribution in [-0.2, 0) is 4.79 Å². The lowest BCUT2D eigenvalue weighted by molar-refractivity contribution is -0.118. The van der Waals surface area contributed by atoms with E-state index in [0.29, 0.717) is 24.8 Å². The maximum Gasteiger partial charge on any atom is 0.230 e. The van der Waals surface area contributed by atoms with Crippen LogP contribution in [0.1, 0.15) is 13.8 Å². The third-order valence-electron chi connectivity index (χ3n) is 2.83. The molecule has 1 aromatic heterocycles. The highest BCUT2D eigenvalue weighted by Gasteiger charge is 2.08. The van der Waals surface area contributed by atoms with Gasteiger partial charge in [-0.25, -0.2) is 0 Å². The summed E-state index contributed by atoms with van der Waals surface area (Å²) < 4.78 is 6.31. The Labute approximate surface area is 150 Å². The topological polar surface area (TPSA) is 76.1 Å². The molecule has 0 spiro atoms. The average Bonchev–Trinajstić information content (AvgIpc) is 3.04. The van der Waals surface area contributed by atoms with E-state index in [2.05, 4.69) is 34.7 Å². The number of anilines is 1. The zero-order valence-electron chi connectivity index (χ0n) is 13.8. The molecule has 0 aliphatic heterocycles. The van der Waals surface area contributed by atoms with E-state index in [1.165, 1.54) is 23.1 Å². The summed E-state index contributed by atoms with van der Waals surface area (Å²) in [5, 5.41) is 15.0. The predicted molar refractivity (Wildman–Crippen MR) is 98.9 cm³/mol. The molecule has 0 bridgehead atoms. The van der Waals surface area contributed by atoms with Gasteiger partial charge in [0, 0.05) is 6.54 Å². The summed E-state index contributed by atoms with van der Waals surface area (Å²) >= 11 is 2.86. The molecule has 6 nitrogen and oxygen atoms in total. The van der Waals surface area contributed by atoms with E-state index in [0.717, 1.165) is 21.8 Å². The lowest BCUT2D eigenvalue weighted by atomic mass is 10.2. The number of amides is 1. The number of aromatic nitrogens is 2. The number of carbonyl (C=O) groups is 1. The molecule has 0 aliphatic rings. The normalized spacial score (nSPS) is 10.6. The minimum atomic E-state index is -0.0384. The van der Waals surface area contributed by atoms with Crippen LogP contribution in [0.2, 0.25) is 0 Å². The molecule has 0 atom stereocenters. The van der Waals surface area contributed by atoms with Crippen molar-refractivity contribution in [2.24, 2.45) is 5.92 Å². The van der Waals surface area contributed by atoms with Crippen LogP contribution >= 0.6 is 23.1 Å². The number of rotatable bonds is 10. The van der Waals surface area contributed by atoms with Crippen LogP contribution in [0.5, 0.6) is 5.75 Å². The minimum absolute atomic E-state index is 0.0384. The van der Waals surface area contributed by atoms with Crippen molar-refractivity contribution in [2.75, 3.05) is 30.8 Å². The third kappa shape index (κ3) is 7.18. The maximum atomic E-state index is 11.8. The summed E-state index contributed by atoms with van der Waals surface area (Å²) in [6, 6.07) is 9.53. The average molecular weight is 367 g/mol. The van der Waals surface area contributed by atoms with Crippen LogP contribution in [0.25, 0.3) is 0 Å². The van der Waals surface area contributed by atoms with Crippen LogP contribution < -0.4 is 15.4 Å². The summed E-state index contributed by atoms with van der Waals surface area (Å²) in [7, 11) is 0. The van der Waals surface area contributed by atoms with Crippen molar-refractivity contribution in [3.8, 4) is 5.75 Å². The molecule has 8 heteroatoms. The van der Waals surface area contributed by atoms with Crippen molar-refractivity contribution >= 4 is 34.1 Å². The Morgan fingerprint density at radius 3 is 2.83 bits per heavy atom. The Kier molecular flexibility index (Phi) is 7.84. The smallest absolute Gasteiger partial charge is 0.230 e. The summed E-state index contributed by atoms with van der Waals surface area (Å²) in [6.45, 7) is 6.06. The van der Waals surface area contributed by atoms with Crippen LogP contribution in [-0.4, -0.2) is 41.6 Å². The minimum Gasteiger partial charge on any atom is -0.492 e. The highest BCUT2D eigenvalue weighted by molar-refractivity contribution is 8.01. The molecule has 0 unspecified atom stereocenters. The fourth-order valence-electron chi connectivity index (χ4n) is 1.69. The second-order valence-electron chi connectivity index (χ2n) is 5.45. The van der Waals surface area contributed by atoms with Gasteiger partial charge in [0.25, 0.3) is 0 Å². The number of nitrogens with zero attached hydrogens (tertiary/aromatic N) is 2. The Bertz CT molecular complexity index is 620. The standard InChI is InChI=1S/C16H22N4O2S2/c1-12(2)10-18-15-19-20-16(24-15)23-11-14(21)17-8-9-22-13-6-4-3-5-7-13/h3-7,12H,8-11H2,1-2H3,(H,17,21)(H,18,19). The van der Waals surface area contributed by atoms with E-state index in [4.69, 9.17) is 4.74 Å². The third-order valence-corrected chi connectivity index (χ3v) is 4.85. The Hall–Kier alpha value is -1.80. The zero-order valence-corrected chi connectivity index (χ0v) is 15.5. The number of ether oxygens (including phenoxy) is 1. The SMILES string of the molecule is CC(C)CNc1nnc(SCC(=O)NCCOc2ccccc2)s1. The second-order valence-corrected chi connectivity index (χ2v) is 7.65. The molecular weight excluding hydrogens is 344 g/mol. The van der Waals surface area contributed by atoms with E-state index in [1.807, 2.05) is 30.3 Å². The van der Waals surface area contributed by atoms with Gasteiger partial charge in [-0.2, -0.15) is 0 Å². The van der Waals surface area contributed by atoms with Gasteiger partial charge in [-0.15, -0.1) is 10.2 Å². The monoisotopic (exact) mass is 366 g/mol. The van der Waals surface area contributed by atoms with Gasteiger partial charge in [-0.1, -0.05) is 55.1 Å². The highest BCUT2D eigenvalue weighted by Crippen LogP contribution is 2.25. The van der Waals surface area contributed by atoms with E-state index in [1.54, 1.807) is 0 Å². The largest absolute Gasteiger partial charge is 0.492 e. The molecule has 1 amide bonds. The van der Waals surface area contributed by atoms with Crippen molar-refractivity contribution in [3.05, 3.63) is 30.3 Å². The molecule has 2 rings (SSSR count). The van der Waals surface area contributed by atoms with E-state index in [9.17, 15) is 4.79 Å². The molecule has 0 saturated heterocycles. The van der Waals surface area contributed by atoms with Crippen molar-refractivity contribution < 1.29 is 9.53 Å². The van der Waals surface area contributed by atoms with Gasteiger partial charge >= 0.3 is 0 Å². The molecular formula is C16H22N4O2S2. The first kappa shape index (κ1) is 18.5. The number of hydrogen-bond acceptors (Lipinski definition) is 7. The molecule has 130 valence electrons. The van der Waals surface area contributed by atoms with Gasteiger partial charge in [-0.05, 0) is 18.1 Å². The molecule has 0 fully saturated rings. The molecule has 24 heavy (non-hydrogen) atoms. The van der Waals surface area contributed by atoms with E-state index in [-0.39, 0.29) is 5.91 Å². The van der Waals surface area contributed by atoms with Crippen molar-refractivity contribution in [3.63, 3.8) is 0 Å². The van der Waals surface area contributed by atoms with Gasteiger partial charge in [-0.3, -0.25) is 4.79 Å². The molecule has 2 N–H and O–H groups in total. The van der Waals surface area contributed by atoms with Crippen LogP contribution in [0.4, 0.5) is 5.13 Å². The first-order valence-corrected chi connectivity index (χ1v) is 9.58. The summed E-state index contributed by atoms with van der Waals surface area (Å²) in [5.41, 5.74) is 0. The fourth-order valence-corrected chi connectivity index (χ4v) is 3.27. The summed E-state index contributed by atoms with van der Waals surface area (Å²) in [6.07, 6.45) is 0. The number of nitrogens with one attached hydrogen (secondary N) is 2. The van der Waals surface area contributed by atoms with E-state index < -0.39 is 0 Å². The van der Waals surface area contributed by atoms with Crippen LogP contribution in [0.15, 0.2) is 34.7 Å². The molecule has 1 aromatic carbocycles. The van der Waals surface area contributed by atoms with Gasteiger partial charge < -0.3 is 15.4 Å². The lowest BCUT2D eigenvalue weighted by Gasteiger charge is -2.07. The molecule has 1 heterocycles. The van der Waals surface area contributed by atoms with Crippen molar-refractivity contribution in [1.29, 1.82) is 0 Å². The number of para-hydroxylation sites is 1. The number of hydrogen-bond donors (Lipinski definition) is 2. The first-order chi connectivity index (χ1) is 11.6. The Morgan fingerprint density at radius 1 is 1.29 bits per heavy atom. The lowest BCUT2D eigenvalue weighted by Crippen LogP contribution is -2.29. The molecule has 0 saturated carbocycles. The second kappa shape index (κ2) is 10.1. The maximum absolute atomic E-state index is 11.8. The summed E-state index contributed by atoms with van der Waals surface area (Å²) in [5.74, 6) is 1.64. The number of carbonyl (C=O) groups excluding carboxylic acids is 1. The van der Waals surface area contributed by atoms with E-state index >= 15 is 0 Å². The molecule has 0 aliphatic carbocycles. The Balaban J connectivity index is 1.59. The van der Waals surface area contributed by atoms with Gasteiger partial charge in [0.05, 0.1) is 12.3 Å². The van der Waals surface area contributed by atoms with Crippen molar-refractivity contribution in [2.45, 2.75) is 18.2 Å². The number of thioether (sulfide) groups is 1. The van der Waals surface area contributed by atoms with Gasteiger partial charge in [0.15, 0.2) is 4.34 Å². The van der Waals surface area contributed by atoms with Crippen molar-refractivity contribution in [1.82, 2.24) is 15.5 Å². The Morgan fingerprint density at radius 2 is 2.08 bits per heavy atom. The quantitative estimate of drug-likeness (QED) is 0.497. The van der Waals surface area contributed by atoms with Crippen LogP contribution in [0.3, 0.4) is 0 Å². The number of benzene rings is 1. The summed E-state index contributed by atoms with van der Waals surface area (Å²) in [4.78, 5) is 11.8. The molecule has 2 aromatic rings. The first-order valence-electron chi connectivity index (χ1n) is 7.78. The highest BCUT2D eigenvalue weighted by atomic mass is 32.2. The predicted octanol–water partition coefficient (Wildman–Crippen LogP) is 2.89. The molecule has 0 radical (unpaired) electrons. The van der Waals surface area contributed by atoms with Gasteiger partial charge in [0.1, 0.15) is 12.4 Å². The van der Waals surface area contributed by atoms with Crippen LogP contribution in [0, 0.1) is 5.92 Å². The zero-order chi connectivity index (χ0) is 17.2.